The average molecular weight is 232 g/mol. The van der Waals surface area contributed by atoms with Gasteiger partial charge in [-0.25, -0.2) is 0 Å². The van der Waals surface area contributed by atoms with Crippen LogP contribution in [0, 0.1) is 12.0 Å². The van der Waals surface area contributed by atoms with Crippen molar-refractivity contribution in [3.8, 4) is 12.0 Å². The molecule has 1 heterocycles. The van der Waals surface area contributed by atoms with Gasteiger partial charge >= 0.3 is 0 Å². The van der Waals surface area contributed by atoms with E-state index in [0.29, 0.717) is 0 Å². The second-order valence-corrected chi connectivity index (χ2v) is 4.10. The van der Waals surface area contributed by atoms with E-state index in [0.717, 1.165) is 16.8 Å². The maximum atomic E-state index is 5.64. The molecule has 0 aliphatic rings. The Labute approximate surface area is 106 Å². The van der Waals surface area contributed by atoms with Crippen LogP contribution >= 0.6 is 0 Å². The number of hydrogen-bond acceptors (Lipinski definition) is 1. The molecule has 0 atom stereocenters. The number of aromatic nitrogens is 1. The summed E-state index contributed by atoms with van der Waals surface area (Å²) in [6, 6.07) is 20.9. The van der Waals surface area contributed by atoms with E-state index in [-0.39, 0.29) is 0 Å². The van der Waals surface area contributed by atoms with E-state index in [2.05, 4.69) is 30.2 Å². The van der Waals surface area contributed by atoms with Gasteiger partial charge in [0.15, 0.2) is 0 Å². The Hall–Kier alpha value is -2.66. The van der Waals surface area contributed by atoms with Gasteiger partial charge in [-0.15, -0.1) is 0 Å². The number of para-hydroxylation sites is 1. The van der Waals surface area contributed by atoms with Crippen LogP contribution in [0.1, 0.15) is 5.56 Å². The van der Waals surface area contributed by atoms with Gasteiger partial charge in [0.2, 0.25) is 0 Å². The Morgan fingerprint density at radius 3 is 2.50 bits per heavy atom. The van der Waals surface area contributed by atoms with Gasteiger partial charge in [0.05, 0.1) is 5.52 Å². The van der Waals surface area contributed by atoms with Gasteiger partial charge in [-0.1, -0.05) is 18.2 Å². The molecule has 0 saturated carbocycles. The molecule has 0 unspecified atom stereocenters. The van der Waals surface area contributed by atoms with Crippen molar-refractivity contribution in [1.82, 2.24) is 4.57 Å². The SMILES string of the molecule is Nc1ccc(C#Cn2ccc3ccccc32)cc1. The number of nitrogens with zero attached hydrogens (tertiary/aromatic N) is 1. The molecule has 0 spiro atoms. The van der Waals surface area contributed by atoms with Crippen molar-refractivity contribution in [3.05, 3.63) is 66.4 Å². The topological polar surface area (TPSA) is 30.9 Å². The van der Waals surface area contributed by atoms with Gasteiger partial charge in [-0.05, 0) is 42.3 Å². The van der Waals surface area contributed by atoms with E-state index < -0.39 is 0 Å². The van der Waals surface area contributed by atoms with Crippen LogP contribution in [0.3, 0.4) is 0 Å². The summed E-state index contributed by atoms with van der Waals surface area (Å²) in [6.07, 6.45) is 1.98. The van der Waals surface area contributed by atoms with Crippen LogP contribution in [-0.4, -0.2) is 4.57 Å². The molecule has 2 N–H and O–H groups in total. The fourth-order valence-corrected chi connectivity index (χ4v) is 1.87. The van der Waals surface area contributed by atoms with Gasteiger partial charge in [-0.2, -0.15) is 0 Å². The first-order valence-corrected chi connectivity index (χ1v) is 5.76. The van der Waals surface area contributed by atoms with Crippen LogP contribution in [0.4, 0.5) is 5.69 Å². The molecule has 0 aliphatic heterocycles. The summed E-state index contributed by atoms with van der Waals surface area (Å²) in [6.45, 7) is 0. The zero-order valence-electron chi connectivity index (χ0n) is 9.80. The molecular formula is C16H12N2. The molecule has 0 saturated heterocycles. The Kier molecular flexibility index (Phi) is 2.51. The van der Waals surface area contributed by atoms with Crippen LogP contribution in [-0.2, 0) is 0 Å². The van der Waals surface area contributed by atoms with E-state index in [1.807, 2.05) is 47.2 Å². The number of nitrogen functional groups attached to an aromatic ring is 1. The molecule has 0 amide bonds. The number of benzene rings is 2. The summed E-state index contributed by atoms with van der Waals surface area (Å²) < 4.78 is 1.94. The zero-order chi connectivity index (χ0) is 12.4. The molecule has 1 aromatic heterocycles. The number of nitrogens with two attached hydrogens (primary N) is 1. The van der Waals surface area contributed by atoms with Crippen molar-refractivity contribution in [2.24, 2.45) is 0 Å². The molecule has 3 aromatic rings. The largest absolute Gasteiger partial charge is 0.399 e. The van der Waals surface area contributed by atoms with E-state index in [9.17, 15) is 0 Å². The fourth-order valence-electron chi connectivity index (χ4n) is 1.87. The first kappa shape index (κ1) is 10.5. The summed E-state index contributed by atoms with van der Waals surface area (Å²) in [5, 5.41) is 1.20. The molecular weight excluding hydrogens is 220 g/mol. The first-order valence-electron chi connectivity index (χ1n) is 5.76. The highest BCUT2D eigenvalue weighted by molar-refractivity contribution is 5.80. The van der Waals surface area contributed by atoms with Gasteiger partial charge in [-0.3, -0.25) is 4.57 Å². The van der Waals surface area contributed by atoms with Crippen molar-refractivity contribution < 1.29 is 0 Å². The molecule has 0 fully saturated rings. The summed E-state index contributed by atoms with van der Waals surface area (Å²) in [5.41, 5.74) is 8.48. The molecule has 2 heteroatoms. The number of hydrogen-bond donors (Lipinski definition) is 1. The van der Waals surface area contributed by atoms with Crippen molar-refractivity contribution in [2.45, 2.75) is 0 Å². The lowest BCUT2D eigenvalue weighted by atomic mass is 10.2. The highest BCUT2D eigenvalue weighted by atomic mass is 14.9. The molecule has 86 valence electrons. The summed E-state index contributed by atoms with van der Waals surface area (Å²) in [5.74, 6) is 3.12. The van der Waals surface area contributed by atoms with Crippen LogP contribution in [0.15, 0.2) is 60.8 Å². The Morgan fingerprint density at radius 1 is 0.889 bits per heavy atom. The second kappa shape index (κ2) is 4.31. The number of fused-ring (bicyclic) bond motifs is 1. The molecule has 3 rings (SSSR count). The Morgan fingerprint density at radius 2 is 1.67 bits per heavy atom. The van der Waals surface area contributed by atoms with Crippen LogP contribution in [0.5, 0.6) is 0 Å². The Bertz CT molecular complexity index is 740. The molecule has 2 nitrogen and oxygen atoms in total. The molecule has 0 aliphatic carbocycles. The lowest BCUT2D eigenvalue weighted by Gasteiger charge is -1.94. The third kappa shape index (κ3) is 1.94. The average Bonchev–Trinajstić information content (AvgIpc) is 2.82. The van der Waals surface area contributed by atoms with Gasteiger partial charge in [0.25, 0.3) is 0 Å². The van der Waals surface area contributed by atoms with Crippen molar-refractivity contribution in [1.29, 1.82) is 0 Å². The minimum Gasteiger partial charge on any atom is -0.399 e. The van der Waals surface area contributed by atoms with Crippen LogP contribution < -0.4 is 5.73 Å². The van der Waals surface area contributed by atoms with E-state index >= 15 is 0 Å². The lowest BCUT2D eigenvalue weighted by Crippen LogP contribution is -1.86. The van der Waals surface area contributed by atoms with Crippen LogP contribution in [0.2, 0.25) is 0 Å². The molecule has 0 bridgehead atoms. The number of rotatable bonds is 0. The Balaban J connectivity index is 2.00. The number of anilines is 1. The summed E-state index contributed by atoms with van der Waals surface area (Å²) in [4.78, 5) is 0. The maximum absolute atomic E-state index is 5.64. The monoisotopic (exact) mass is 232 g/mol. The minimum absolute atomic E-state index is 0.756. The molecule has 0 radical (unpaired) electrons. The van der Waals surface area contributed by atoms with Gasteiger partial charge in [0, 0.05) is 28.9 Å². The summed E-state index contributed by atoms with van der Waals surface area (Å²) in [7, 11) is 0. The molecule has 2 aromatic carbocycles. The van der Waals surface area contributed by atoms with Crippen molar-refractivity contribution in [2.75, 3.05) is 5.73 Å². The highest BCUT2D eigenvalue weighted by Crippen LogP contribution is 2.13. The fraction of sp³-hybridized carbons (Fsp3) is 0. The molecule has 18 heavy (non-hydrogen) atoms. The normalized spacial score (nSPS) is 10.0. The van der Waals surface area contributed by atoms with Gasteiger partial charge in [0.1, 0.15) is 0 Å². The van der Waals surface area contributed by atoms with Gasteiger partial charge < -0.3 is 5.73 Å². The first-order chi connectivity index (χ1) is 8.83. The predicted molar refractivity (Wildman–Crippen MR) is 75.1 cm³/mol. The van der Waals surface area contributed by atoms with Crippen molar-refractivity contribution in [3.63, 3.8) is 0 Å². The van der Waals surface area contributed by atoms with Crippen molar-refractivity contribution >= 4 is 16.6 Å². The standard InChI is InChI=1S/C16H12N2/c17-15-7-5-13(6-8-15)9-11-18-12-10-14-3-1-2-4-16(14)18/h1-8,10,12H,17H2. The lowest BCUT2D eigenvalue weighted by molar-refractivity contribution is 1.20. The highest BCUT2D eigenvalue weighted by Gasteiger charge is 1.95. The van der Waals surface area contributed by atoms with Crippen LogP contribution in [0.25, 0.3) is 10.9 Å². The van der Waals surface area contributed by atoms with E-state index in [4.69, 9.17) is 5.73 Å². The smallest absolute Gasteiger partial charge is 0.0611 e. The van der Waals surface area contributed by atoms with E-state index in [1.54, 1.807) is 0 Å². The predicted octanol–water partition coefficient (Wildman–Crippen LogP) is 3.08. The summed E-state index contributed by atoms with van der Waals surface area (Å²) >= 11 is 0. The second-order valence-electron chi connectivity index (χ2n) is 4.10. The third-order valence-corrected chi connectivity index (χ3v) is 2.83. The zero-order valence-corrected chi connectivity index (χ0v) is 9.80. The minimum atomic E-state index is 0.756. The van der Waals surface area contributed by atoms with E-state index in [1.165, 1.54) is 5.39 Å². The third-order valence-electron chi connectivity index (χ3n) is 2.83. The quantitative estimate of drug-likeness (QED) is 0.468. The maximum Gasteiger partial charge on any atom is 0.0611 e.